The maximum atomic E-state index is 10.6. The highest BCUT2D eigenvalue weighted by atomic mass is 16.3. The van der Waals surface area contributed by atoms with Crippen LogP contribution in [0.5, 0.6) is 0 Å². The number of aryl methyl sites for hydroxylation is 3. The zero-order valence-corrected chi connectivity index (χ0v) is 13.4. The van der Waals surface area contributed by atoms with Crippen molar-refractivity contribution >= 4 is 5.82 Å². The Balaban J connectivity index is 1.78. The molecule has 1 N–H and O–H groups in total. The van der Waals surface area contributed by atoms with Crippen molar-refractivity contribution < 1.29 is 5.11 Å². The molecule has 1 aliphatic heterocycles. The second kappa shape index (κ2) is 6.04. The van der Waals surface area contributed by atoms with E-state index in [-0.39, 0.29) is 5.92 Å². The predicted molar refractivity (Wildman–Crippen MR) is 84.6 cm³/mol. The minimum Gasteiger partial charge on any atom is -0.385 e. The van der Waals surface area contributed by atoms with Crippen molar-refractivity contribution in [2.45, 2.75) is 32.8 Å². The molecular weight excluding hydrogens is 278 g/mol. The van der Waals surface area contributed by atoms with E-state index < -0.39 is 6.10 Å². The molecule has 3 heterocycles. The number of hydrogen-bond donors (Lipinski definition) is 1. The van der Waals surface area contributed by atoms with Crippen molar-refractivity contribution in [3.8, 4) is 0 Å². The number of piperidine rings is 1. The zero-order valence-electron chi connectivity index (χ0n) is 13.4. The lowest BCUT2D eigenvalue weighted by molar-refractivity contribution is 0.0873. The molecule has 0 bridgehead atoms. The summed E-state index contributed by atoms with van der Waals surface area (Å²) in [5.41, 5.74) is 0.981. The van der Waals surface area contributed by atoms with Gasteiger partial charge in [-0.05, 0) is 26.7 Å². The molecule has 1 aliphatic rings. The quantitative estimate of drug-likeness (QED) is 0.936. The molecule has 2 aromatic rings. The van der Waals surface area contributed by atoms with Gasteiger partial charge in [0.2, 0.25) is 0 Å². The minimum atomic E-state index is -0.535. The largest absolute Gasteiger partial charge is 0.385 e. The molecule has 0 amide bonds. The molecule has 6 heteroatoms. The summed E-state index contributed by atoms with van der Waals surface area (Å²) in [5, 5.41) is 10.6. The number of anilines is 1. The van der Waals surface area contributed by atoms with E-state index in [0.29, 0.717) is 0 Å². The van der Waals surface area contributed by atoms with Crippen LogP contribution in [-0.4, -0.2) is 37.7 Å². The average molecular weight is 301 g/mol. The fourth-order valence-electron chi connectivity index (χ4n) is 3.21. The van der Waals surface area contributed by atoms with E-state index in [0.717, 1.165) is 49.1 Å². The second-order valence-corrected chi connectivity index (χ2v) is 6.10. The molecule has 2 atom stereocenters. The van der Waals surface area contributed by atoms with Crippen LogP contribution < -0.4 is 4.90 Å². The van der Waals surface area contributed by atoms with E-state index in [1.807, 2.05) is 37.7 Å². The lowest BCUT2D eigenvalue weighted by atomic mass is 9.92. The summed E-state index contributed by atoms with van der Waals surface area (Å²) in [6.07, 6.45) is 5.13. The average Bonchev–Trinajstić information content (AvgIpc) is 2.92. The van der Waals surface area contributed by atoms with E-state index in [2.05, 4.69) is 19.9 Å². The van der Waals surface area contributed by atoms with Gasteiger partial charge in [0, 0.05) is 50.2 Å². The van der Waals surface area contributed by atoms with E-state index >= 15 is 0 Å². The minimum absolute atomic E-state index is 0.172. The zero-order chi connectivity index (χ0) is 15.7. The molecule has 6 nitrogen and oxygen atoms in total. The molecular formula is C16H23N5O. The number of rotatable bonds is 3. The van der Waals surface area contributed by atoms with Crippen LogP contribution in [0, 0.1) is 19.8 Å². The number of hydrogen-bond acceptors (Lipinski definition) is 5. The first-order chi connectivity index (χ1) is 10.5. The van der Waals surface area contributed by atoms with E-state index in [4.69, 9.17) is 0 Å². The SMILES string of the molecule is Cc1cc(N2CCCC(C(O)c3nccn3C)C2)nc(C)n1. The lowest BCUT2D eigenvalue weighted by Gasteiger charge is -2.35. The van der Waals surface area contributed by atoms with Gasteiger partial charge in [-0.25, -0.2) is 15.0 Å². The van der Waals surface area contributed by atoms with E-state index in [1.165, 1.54) is 0 Å². The second-order valence-electron chi connectivity index (χ2n) is 6.10. The van der Waals surface area contributed by atoms with Crippen LogP contribution in [0.1, 0.15) is 36.3 Å². The van der Waals surface area contributed by atoms with Crippen LogP contribution in [0.3, 0.4) is 0 Å². The first-order valence-electron chi connectivity index (χ1n) is 7.77. The molecule has 0 aromatic carbocycles. The molecule has 2 unspecified atom stereocenters. The Morgan fingerprint density at radius 3 is 2.82 bits per heavy atom. The Morgan fingerprint density at radius 1 is 1.32 bits per heavy atom. The van der Waals surface area contributed by atoms with Crippen molar-refractivity contribution in [2.24, 2.45) is 13.0 Å². The van der Waals surface area contributed by atoms with E-state index in [9.17, 15) is 5.11 Å². The summed E-state index contributed by atoms with van der Waals surface area (Å²) in [5.74, 6) is 2.66. The van der Waals surface area contributed by atoms with Crippen LogP contribution in [0.25, 0.3) is 0 Å². The van der Waals surface area contributed by atoms with Crippen LogP contribution in [0.2, 0.25) is 0 Å². The Kier molecular flexibility index (Phi) is 4.11. The highest BCUT2D eigenvalue weighted by molar-refractivity contribution is 5.40. The van der Waals surface area contributed by atoms with Gasteiger partial charge in [-0.3, -0.25) is 0 Å². The molecule has 0 radical (unpaired) electrons. The number of aromatic nitrogens is 4. The Bertz CT molecular complexity index is 633. The van der Waals surface area contributed by atoms with Gasteiger partial charge in [-0.1, -0.05) is 0 Å². The van der Waals surface area contributed by atoms with Crippen molar-refractivity contribution in [1.29, 1.82) is 0 Å². The highest BCUT2D eigenvalue weighted by Gasteiger charge is 2.29. The number of nitrogens with zero attached hydrogens (tertiary/aromatic N) is 5. The van der Waals surface area contributed by atoms with Crippen LogP contribution in [0.4, 0.5) is 5.82 Å². The number of aliphatic hydroxyl groups excluding tert-OH is 1. The van der Waals surface area contributed by atoms with E-state index in [1.54, 1.807) is 6.20 Å². The van der Waals surface area contributed by atoms with Gasteiger partial charge < -0.3 is 14.6 Å². The fraction of sp³-hybridized carbons (Fsp3) is 0.562. The van der Waals surface area contributed by atoms with Gasteiger partial charge in [0.1, 0.15) is 23.6 Å². The first-order valence-corrected chi connectivity index (χ1v) is 7.77. The lowest BCUT2D eigenvalue weighted by Crippen LogP contribution is -2.39. The van der Waals surface area contributed by atoms with Crippen LogP contribution >= 0.6 is 0 Å². The topological polar surface area (TPSA) is 67.1 Å². The Labute approximate surface area is 130 Å². The monoisotopic (exact) mass is 301 g/mol. The van der Waals surface area contributed by atoms with Crippen molar-refractivity contribution in [3.05, 3.63) is 35.8 Å². The summed E-state index contributed by atoms with van der Waals surface area (Å²) in [6.45, 7) is 5.67. The Morgan fingerprint density at radius 2 is 2.14 bits per heavy atom. The van der Waals surface area contributed by atoms with Crippen LogP contribution in [0.15, 0.2) is 18.5 Å². The molecule has 2 aromatic heterocycles. The normalized spacial score (nSPS) is 20.2. The third-order valence-electron chi connectivity index (χ3n) is 4.30. The smallest absolute Gasteiger partial charge is 0.137 e. The molecule has 118 valence electrons. The van der Waals surface area contributed by atoms with Gasteiger partial charge in [0.15, 0.2) is 0 Å². The molecule has 1 fully saturated rings. The van der Waals surface area contributed by atoms with Crippen molar-refractivity contribution in [2.75, 3.05) is 18.0 Å². The predicted octanol–water partition coefficient (Wildman–Crippen LogP) is 1.78. The number of imidazole rings is 1. The molecule has 1 saturated heterocycles. The van der Waals surface area contributed by atoms with Gasteiger partial charge in [0.05, 0.1) is 0 Å². The molecule has 22 heavy (non-hydrogen) atoms. The summed E-state index contributed by atoms with van der Waals surface area (Å²) in [6, 6.07) is 2.02. The first kappa shape index (κ1) is 15.0. The highest BCUT2D eigenvalue weighted by Crippen LogP contribution is 2.30. The van der Waals surface area contributed by atoms with Crippen LogP contribution in [-0.2, 0) is 7.05 Å². The number of aliphatic hydroxyl groups is 1. The van der Waals surface area contributed by atoms with Gasteiger partial charge >= 0.3 is 0 Å². The third kappa shape index (κ3) is 2.97. The molecule has 0 spiro atoms. The van der Waals surface area contributed by atoms with Crippen molar-refractivity contribution in [1.82, 2.24) is 19.5 Å². The maximum absolute atomic E-state index is 10.6. The summed E-state index contributed by atoms with van der Waals surface area (Å²) >= 11 is 0. The summed E-state index contributed by atoms with van der Waals surface area (Å²) in [4.78, 5) is 15.4. The fourth-order valence-corrected chi connectivity index (χ4v) is 3.21. The van der Waals surface area contributed by atoms with Gasteiger partial charge in [-0.2, -0.15) is 0 Å². The standard InChI is InChI=1S/C16H23N5O/c1-11-9-14(19-12(2)18-11)21-7-4-5-13(10-21)15(22)16-17-6-8-20(16)3/h6,8-9,13,15,22H,4-5,7,10H2,1-3H3. The third-order valence-corrected chi connectivity index (χ3v) is 4.30. The maximum Gasteiger partial charge on any atom is 0.137 e. The van der Waals surface area contributed by atoms with Gasteiger partial charge in [0.25, 0.3) is 0 Å². The van der Waals surface area contributed by atoms with Gasteiger partial charge in [-0.15, -0.1) is 0 Å². The summed E-state index contributed by atoms with van der Waals surface area (Å²) < 4.78 is 1.89. The summed E-state index contributed by atoms with van der Waals surface area (Å²) in [7, 11) is 1.92. The van der Waals surface area contributed by atoms with Crippen molar-refractivity contribution in [3.63, 3.8) is 0 Å². The molecule has 0 saturated carbocycles. The molecule has 0 aliphatic carbocycles. The Hall–Kier alpha value is -1.95. The molecule has 3 rings (SSSR count).